The van der Waals surface area contributed by atoms with E-state index in [-0.39, 0.29) is 5.82 Å². The zero-order chi connectivity index (χ0) is 10.7. The number of ether oxygens (including phenoxy) is 1. The van der Waals surface area contributed by atoms with E-state index in [4.69, 9.17) is 4.74 Å². The maximum Gasteiger partial charge on any atom is 0.123 e. The van der Waals surface area contributed by atoms with Crippen molar-refractivity contribution in [2.45, 2.75) is 13.3 Å². The van der Waals surface area contributed by atoms with Crippen molar-refractivity contribution in [3.63, 3.8) is 0 Å². The van der Waals surface area contributed by atoms with Crippen molar-refractivity contribution in [2.24, 2.45) is 5.92 Å². The molecule has 1 saturated heterocycles. The highest BCUT2D eigenvalue weighted by Crippen LogP contribution is 2.20. The molecule has 2 rings (SSSR count). The van der Waals surface area contributed by atoms with Gasteiger partial charge in [0.05, 0.1) is 6.61 Å². The van der Waals surface area contributed by atoms with E-state index in [1.807, 2.05) is 6.92 Å². The molecule has 82 valence electrons. The van der Waals surface area contributed by atoms with Gasteiger partial charge < -0.3 is 10.1 Å². The molecular weight excluding hydrogens is 193 g/mol. The van der Waals surface area contributed by atoms with Crippen molar-refractivity contribution in [1.29, 1.82) is 0 Å². The fraction of sp³-hybridized carbons (Fsp3) is 0.500. The zero-order valence-electron chi connectivity index (χ0n) is 8.92. The monoisotopic (exact) mass is 209 g/mol. The Labute approximate surface area is 89.4 Å². The Morgan fingerprint density at radius 2 is 2.40 bits per heavy atom. The summed E-state index contributed by atoms with van der Waals surface area (Å²) < 4.78 is 18.5. The molecule has 1 fully saturated rings. The third-order valence-electron chi connectivity index (χ3n) is 2.77. The average molecular weight is 209 g/mol. The van der Waals surface area contributed by atoms with E-state index in [0.717, 1.165) is 31.0 Å². The summed E-state index contributed by atoms with van der Waals surface area (Å²) in [5.74, 6) is 1.18. The fourth-order valence-corrected chi connectivity index (χ4v) is 1.84. The molecule has 1 aliphatic heterocycles. The van der Waals surface area contributed by atoms with E-state index in [0.29, 0.717) is 5.92 Å². The topological polar surface area (TPSA) is 21.3 Å². The van der Waals surface area contributed by atoms with Gasteiger partial charge in [0.2, 0.25) is 0 Å². The maximum absolute atomic E-state index is 12.8. The van der Waals surface area contributed by atoms with Crippen molar-refractivity contribution < 1.29 is 9.13 Å². The Morgan fingerprint density at radius 1 is 1.53 bits per heavy atom. The van der Waals surface area contributed by atoms with Gasteiger partial charge in [-0.25, -0.2) is 4.39 Å². The molecule has 1 N–H and O–H groups in total. The number of halogens is 1. The summed E-state index contributed by atoms with van der Waals surface area (Å²) in [6, 6.07) is 4.64. The first-order valence-electron chi connectivity index (χ1n) is 5.35. The second kappa shape index (κ2) is 4.62. The van der Waals surface area contributed by atoms with Crippen LogP contribution in [-0.2, 0) is 0 Å². The third-order valence-corrected chi connectivity index (χ3v) is 2.77. The molecule has 0 unspecified atom stereocenters. The lowest BCUT2D eigenvalue weighted by molar-refractivity contribution is 0.258. The van der Waals surface area contributed by atoms with Crippen molar-refractivity contribution in [1.82, 2.24) is 5.32 Å². The molecule has 1 aromatic carbocycles. The van der Waals surface area contributed by atoms with Gasteiger partial charge in [0.15, 0.2) is 0 Å². The predicted octanol–water partition coefficient (Wildman–Crippen LogP) is 2.12. The molecule has 1 atom stereocenters. The molecule has 0 spiro atoms. The lowest BCUT2D eigenvalue weighted by atomic mass is 10.1. The van der Waals surface area contributed by atoms with Crippen LogP contribution in [0, 0.1) is 18.7 Å². The van der Waals surface area contributed by atoms with Crippen LogP contribution in [0.4, 0.5) is 4.39 Å². The van der Waals surface area contributed by atoms with Crippen LogP contribution >= 0.6 is 0 Å². The van der Waals surface area contributed by atoms with Gasteiger partial charge in [-0.2, -0.15) is 0 Å². The Morgan fingerprint density at radius 3 is 3.07 bits per heavy atom. The van der Waals surface area contributed by atoms with Gasteiger partial charge in [-0.1, -0.05) is 0 Å². The second-order valence-corrected chi connectivity index (χ2v) is 4.08. The SMILES string of the molecule is Cc1cc(F)ccc1OC[C@H]1CCNC1. The lowest BCUT2D eigenvalue weighted by Crippen LogP contribution is -2.15. The smallest absolute Gasteiger partial charge is 0.123 e. The number of nitrogens with one attached hydrogen (secondary N) is 1. The van der Waals surface area contributed by atoms with Crippen LogP contribution < -0.4 is 10.1 Å². The normalized spacial score (nSPS) is 20.5. The van der Waals surface area contributed by atoms with E-state index in [1.165, 1.54) is 18.6 Å². The Kier molecular flexibility index (Phi) is 3.21. The molecule has 0 aromatic heterocycles. The van der Waals surface area contributed by atoms with E-state index in [9.17, 15) is 4.39 Å². The Hall–Kier alpha value is -1.09. The number of hydrogen-bond donors (Lipinski definition) is 1. The molecule has 1 aromatic rings. The van der Waals surface area contributed by atoms with Crippen LogP contribution in [0.5, 0.6) is 5.75 Å². The number of aryl methyl sites for hydroxylation is 1. The zero-order valence-corrected chi connectivity index (χ0v) is 8.92. The highest BCUT2D eigenvalue weighted by Gasteiger charge is 2.15. The van der Waals surface area contributed by atoms with E-state index in [2.05, 4.69) is 5.32 Å². The molecule has 0 aliphatic carbocycles. The summed E-state index contributed by atoms with van der Waals surface area (Å²) >= 11 is 0. The van der Waals surface area contributed by atoms with Gasteiger partial charge in [-0.3, -0.25) is 0 Å². The first-order valence-corrected chi connectivity index (χ1v) is 5.35. The molecule has 0 bridgehead atoms. The third kappa shape index (κ3) is 2.69. The summed E-state index contributed by atoms with van der Waals surface area (Å²) in [6.45, 7) is 4.70. The molecular formula is C12H16FNO. The first kappa shape index (κ1) is 10.4. The Bertz CT molecular complexity index is 334. The average Bonchev–Trinajstić information content (AvgIpc) is 2.69. The van der Waals surface area contributed by atoms with Crippen LogP contribution in [0.25, 0.3) is 0 Å². The molecule has 0 radical (unpaired) electrons. The van der Waals surface area contributed by atoms with Crippen LogP contribution in [0.15, 0.2) is 18.2 Å². The highest BCUT2D eigenvalue weighted by atomic mass is 19.1. The summed E-state index contributed by atoms with van der Waals surface area (Å²) in [5, 5.41) is 3.29. The van der Waals surface area contributed by atoms with Crippen LogP contribution in [-0.4, -0.2) is 19.7 Å². The second-order valence-electron chi connectivity index (χ2n) is 4.08. The maximum atomic E-state index is 12.8. The van der Waals surface area contributed by atoms with Gasteiger partial charge >= 0.3 is 0 Å². The summed E-state index contributed by atoms with van der Waals surface area (Å²) in [6.07, 6.45) is 1.17. The molecule has 0 saturated carbocycles. The first-order chi connectivity index (χ1) is 7.25. The van der Waals surface area contributed by atoms with Crippen molar-refractivity contribution in [3.05, 3.63) is 29.6 Å². The molecule has 15 heavy (non-hydrogen) atoms. The van der Waals surface area contributed by atoms with E-state index >= 15 is 0 Å². The summed E-state index contributed by atoms with van der Waals surface area (Å²) in [5.41, 5.74) is 0.862. The van der Waals surface area contributed by atoms with E-state index in [1.54, 1.807) is 6.07 Å². The molecule has 2 nitrogen and oxygen atoms in total. The van der Waals surface area contributed by atoms with Crippen LogP contribution in [0.2, 0.25) is 0 Å². The van der Waals surface area contributed by atoms with Crippen LogP contribution in [0.3, 0.4) is 0 Å². The van der Waals surface area contributed by atoms with Gasteiger partial charge in [0.1, 0.15) is 11.6 Å². The van der Waals surface area contributed by atoms with Crippen molar-refractivity contribution in [3.8, 4) is 5.75 Å². The predicted molar refractivity (Wildman–Crippen MR) is 57.6 cm³/mol. The van der Waals surface area contributed by atoms with Gasteiger partial charge in [-0.15, -0.1) is 0 Å². The quantitative estimate of drug-likeness (QED) is 0.823. The van der Waals surface area contributed by atoms with Gasteiger partial charge in [0, 0.05) is 12.5 Å². The van der Waals surface area contributed by atoms with Crippen molar-refractivity contribution in [2.75, 3.05) is 19.7 Å². The Balaban J connectivity index is 1.92. The lowest BCUT2D eigenvalue weighted by Gasteiger charge is -2.12. The number of benzene rings is 1. The molecule has 3 heteroatoms. The van der Waals surface area contributed by atoms with Gasteiger partial charge in [0.25, 0.3) is 0 Å². The van der Waals surface area contributed by atoms with Crippen molar-refractivity contribution >= 4 is 0 Å². The molecule has 1 aliphatic rings. The number of rotatable bonds is 3. The summed E-state index contributed by atoms with van der Waals surface area (Å²) in [4.78, 5) is 0. The minimum atomic E-state index is -0.206. The largest absolute Gasteiger partial charge is 0.493 e. The standard InChI is InChI=1S/C12H16FNO/c1-9-6-11(13)2-3-12(9)15-8-10-4-5-14-7-10/h2-3,6,10,14H,4-5,7-8H2,1H3/t10-/m0/s1. The van der Waals surface area contributed by atoms with E-state index < -0.39 is 0 Å². The van der Waals surface area contributed by atoms with Crippen LogP contribution in [0.1, 0.15) is 12.0 Å². The molecule has 1 heterocycles. The fourth-order valence-electron chi connectivity index (χ4n) is 1.84. The highest BCUT2D eigenvalue weighted by molar-refractivity contribution is 5.32. The summed E-state index contributed by atoms with van der Waals surface area (Å²) in [7, 11) is 0. The molecule has 0 amide bonds. The minimum absolute atomic E-state index is 0.206. The number of hydrogen-bond acceptors (Lipinski definition) is 2. The minimum Gasteiger partial charge on any atom is -0.493 e. The van der Waals surface area contributed by atoms with Gasteiger partial charge in [-0.05, 0) is 43.7 Å².